The van der Waals surface area contributed by atoms with E-state index in [0.29, 0.717) is 13.2 Å². The first-order valence-electron chi connectivity index (χ1n) is 11.4. The van der Waals surface area contributed by atoms with E-state index in [2.05, 4.69) is 9.88 Å². The van der Waals surface area contributed by atoms with E-state index in [-0.39, 0.29) is 17.2 Å². The summed E-state index contributed by atoms with van der Waals surface area (Å²) >= 11 is 0. The van der Waals surface area contributed by atoms with E-state index >= 15 is 0 Å². The quantitative estimate of drug-likeness (QED) is 0.589. The van der Waals surface area contributed by atoms with Gasteiger partial charge in [0.1, 0.15) is 18.6 Å². The largest absolute Gasteiger partial charge is 0.492 e. The Kier molecular flexibility index (Phi) is 5.95. The van der Waals surface area contributed by atoms with E-state index in [1.165, 1.54) is 0 Å². The van der Waals surface area contributed by atoms with Crippen LogP contribution in [0.15, 0.2) is 77.5 Å². The van der Waals surface area contributed by atoms with Crippen LogP contribution in [0.2, 0.25) is 0 Å². The fraction of sp³-hybridized carbons (Fsp3) is 0.385. The Morgan fingerprint density at radius 3 is 2.47 bits per heavy atom. The number of amides is 1. The van der Waals surface area contributed by atoms with Crippen molar-refractivity contribution in [2.75, 3.05) is 39.3 Å². The van der Waals surface area contributed by atoms with Crippen molar-refractivity contribution in [1.29, 1.82) is 0 Å². The van der Waals surface area contributed by atoms with Gasteiger partial charge in [0.25, 0.3) is 5.91 Å². The number of aromatic nitrogens is 1. The minimum Gasteiger partial charge on any atom is -0.492 e. The average molecular weight is 432 g/mol. The van der Waals surface area contributed by atoms with Crippen molar-refractivity contribution >= 4 is 5.91 Å². The van der Waals surface area contributed by atoms with E-state index in [9.17, 15) is 4.79 Å². The summed E-state index contributed by atoms with van der Waals surface area (Å²) in [6, 6.07) is 19.5. The molecule has 2 fully saturated rings. The fourth-order valence-corrected chi connectivity index (χ4v) is 5.17. The number of piperidine rings is 1. The minimum atomic E-state index is 0.00603. The Morgan fingerprint density at radius 2 is 1.78 bits per heavy atom. The topological polar surface area (TPSA) is 58.8 Å². The summed E-state index contributed by atoms with van der Waals surface area (Å²) in [5, 5.41) is 0. The molecule has 3 aromatic rings. The summed E-state index contributed by atoms with van der Waals surface area (Å²) in [4.78, 5) is 22.1. The molecule has 2 saturated heterocycles. The van der Waals surface area contributed by atoms with Crippen LogP contribution in [0.3, 0.4) is 0 Å². The molecule has 0 bridgehead atoms. The maximum Gasteiger partial charge on any atom is 0.253 e. The number of likely N-dealkylation sites (tertiary alicyclic amines) is 2. The highest BCUT2D eigenvalue weighted by molar-refractivity contribution is 5.94. The first-order valence-corrected chi connectivity index (χ1v) is 11.4. The van der Waals surface area contributed by atoms with Gasteiger partial charge in [-0.3, -0.25) is 9.69 Å². The molecule has 2 aromatic carbocycles. The van der Waals surface area contributed by atoms with Crippen molar-refractivity contribution in [1.82, 2.24) is 14.8 Å². The predicted molar refractivity (Wildman–Crippen MR) is 122 cm³/mol. The van der Waals surface area contributed by atoms with E-state index in [0.717, 1.165) is 56.2 Å². The highest BCUT2D eigenvalue weighted by Gasteiger charge is 2.51. The summed E-state index contributed by atoms with van der Waals surface area (Å²) in [6.45, 7) is 4.97. The molecule has 0 N–H and O–H groups in total. The number of nitrogens with zero attached hydrogens (tertiary/aromatic N) is 3. The Balaban J connectivity index is 1.24. The van der Waals surface area contributed by atoms with Crippen LogP contribution >= 0.6 is 0 Å². The van der Waals surface area contributed by atoms with Crippen LogP contribution in [0.5, 0.6) is 5.75 Å². The zero-order chi connectivity index (χ0) is 21.8. The highest BCUT2D eigenvalue weighted by atomic mass is 16.5. The van der Waals surface area contributed by atoms with Gasteiger partial charge in [0, 0.05) is 30.6 Å². The molecule has 1 spiro atoms. The van der Waals surface area contributed by atoms with Gasteiger partial charge >= 0.3 is 0 Å². The predicted octanol–water partition coefficient (Wildman–Crippen LogP) is 4.08. The maximum absolute atomic E-state index is 13.2. The van der Waals surface area contributed by atoms with E-state index in [4.69, 9.17) is 9.15 Å². The third kappa shape index (κ3) is 4.28. The first kappa shape index (κ1) is 20.8. The van der Waals surface area contributed by atoms with E-state index in [1.54, 1.807) is 12.5 Å². The molecule has 6 heteroatoms. The summed E-state index contributed by atoms with van der Waals surface area (Å²) < 4.78 is 11.6. The number of para-hydroxylation sites is 1. The Labute approximate surface area is 188 Å². The number of carbonyl (C=O) groups excluding carboxylic acids is 1. The van der Waals surface area contributed by atoms with Gasteiger partial charge < -0.3 is 14.1 Å². The normalized spacial score (nSPS) is 20.5. The summed E-state index contributed by atoms with van der Waals surface area (Å²) in [5.41, 5.74) is 0.748. The molecule has 6 nitrogen and oxygen atoms in total. The Hall–Kier alpha value is -3.12. The molecular weight excluding hydrogens is 402 g/mol. The van der Waals surface area contributed by atoms with Crippen molar-refractivity contribution in [2.24, 2.45) is 5.41 Å². The average Bonchev–Trinajstić information content (AvgIpc) is 3.50. The van der Waals surface area contributed by atoms with Gasteiger partial charge in [-0.05, 0) is 50.2 Å². The number of carbonyl (C=O) groups is 1. The SMILES string of the molecule is O=C(c1ccccc1)N1CC(c2ncco2)C2(CCN(CCOc3ccccc3)CC2)C1. The van der Waals surface area contributed by atoms with E-state index in [1.807, 2.05) is 65.6 Å². The van der Waals surface area contributed by atoms with Gasteiger partial charge in [0.15, 0.2) is 5.89 Å². The smallest absolute Gasteiger partial charge is 0.253 e. The lowest BCUT2D eigenvalue weighted by Crippen LogP contribution is -2.45. The molecule has 166 valence electrons. The lowest BCUT2D eigenvalue weighted by molar-refractivity contribution is 0.0675. The standard InChI is InChI=1S/C26H29N3O3/c30-25(21-7-3-1-4-8-21)29-19-23(24-27-13-17-32-24)26(20-29)11-14-28(15-12-26)16-18-31-22-9-5-2-6-10-22/h1-10,13,17,23H,11-12,14-16,18-20H2. The molecule has 3 heterocycles. The third-order valence-electron chi connectivity index (χ3n) is 6.98. The van der Waals surface area contributed by atoms with Gasteiger partial charge in [0.2, 0.25) is 0 Å². The maximum atomic E-state index is 13.2. The number of oxazole rings is 1. The molecule has 2 aliphatic rings. The minimum absolute atomic E-state index is 0.00603. The molecule has 5 rings (SSSR count). The monoisotopic (exact) mass is 431 g/mol. The van der Waals surface area contributed by atoms with Crippen molar-refractivity contribution in [3.05, 3.63) is 84.6 Å². The summed E-state index contributed by atoms with van der Waals surface area (Å²) in [6.07, 6.45) is 5.38. The van der Waals surface area contributed by atoms with Crippen molar-refractivity contribution in [2.45, 2.75) is 18.8 Å². The first-order chi connectivity index (χ1) is 15.7. The van der Waals surface area contributed by atoms with Gasteiger partial charge in [-0.2, -0.15) is 0 Å². The van der Waals surface area contributed by atoms with Crippen LogP contribution in [-0.2, 0) is 0 Å². The second kappa shape index (κ2) is 9.17. The second-order valence-electron chi connectivity index (χ2n) is 8.84. The third-order valence-corrected chi connectivity index (χ3v) is 6.98. The Bertz CT molecular complexity index is 999. The van der Waals surface area contributed by atoms with Crippen LogP contribution in [0.4, 0.5) is 0 Å². The molecule has 1 atom stereocenters. The summed E-state index contributed by atoms with van der Waals surface area (Å²) in [5.74, 6) is 1.90. The van der Waals surface area contributed by atoms with Crippen molar-refractivity contribution < 1.29 is 13.9 Å². The van der Waals surface area contributed by atoms with Crippen LogP contribution in [0.25, 0.3) is 0 Å². The zero-order valence-electron chi connectivity index (χ0n) is 18.2. The van der Waals surface area contributed by atoms with E-state index < -0.39 is 0 Å². The summed E-state index contributed by atoms with van der Waals surface area (Å²) in [7, 11) is 0. The highest BCUT2D eigenvalue weighted by Crippen LogP contribution is 2.49. The molecule has 1 aromatic heterocycles. The van der Waals surface area contributed by atoms with Crippen molar-refractivity contribution in [3.63, 3.8) is 0 Å². The van der Waals surface area contributed by atoms with Crippen molar-refractivity contribution in [3.8, 4) is 5.75 Å². The molecule has 2 aliphatic heterocycles. The fourth-order valence-electron chi connectivity index (χ4n) is 5.17. The van der Waals surface area contributed by atoms with Crippen LogP contribution in [0, 0.1) is 5.41 Å². The van der Waals surface area contributed by atoms with Gasteiger partial charge in [-0.15, -0.1) is 0 Å². The Morgan fingerprint density at radius 1 is 1.06 bits per heavy atom. The lowest BCUT2D eigenvalue weighted by Gasteiger charge is -2.41. The molecule has 0 aliphatic carbocycles. The molecule has 0 radical (unpaired) electrons. The second-order valence-corrected chi connectivity index (χ2v) is 8.84. The number of ether oxygens (including phenoxy) is 1. The molecule has 32 heavy (non-hydrogen) atoms. The van der Waals surface area contributed by atoms with Gasteiger partial charge in [-0.1, -0.05) is 36.4 Å². The van der Waals surface area contributed by atoms with Gasteiger partial charge in [-0.25, -0.2) is 4.98 Å². The van der Waals surface area contributed by atoms with Crippen LogP contribution in [0.1, 0.15) is 35.0 Å². The number of hydrogen-bond acceptors (Lipinski definition) is 5. The zero-order valence-corrected chi connectivity index (χ0v) is 18.2. The molecule has 0 saturated carbocycles. The van der Waals surface area contributed by atoms with Crippen LogP contribution < -0.4 is 4.74 Å². The molecular formula is C26H29N3O3. The molecule has 1 amide bonds. The number of hydrogen-bond donors (Lipinski definition) is 0. The number of benzene rings is 2. The molecule has 1 unspecified atom stereocenters. The number of rotatable bonds is 6. The lowest BCUT2D eigenvalue weighted by atomic mass is 9.70. The van der Waals surface area contributed by atoms with Gasteiger partial charge in [0.05, 0.1) is 12.1 Å². The van der Waals surface area contributed by atoms with Crippen LogP contribution in [-0.4, -0.2) is 60.0 Å².